The van der Waals surface area contributed by atoms with Gasteiger partial charge in [-0.1, -0.05) is 18.2 Å². The van der Waals surface area contributed by atoms with Crippen molar-refractivity contribution in [1.29, 1.82) is 0 Å². The number of rotatable bonds is 8. The molecule has 0 aliphatic carbocycles. The largest absolute Gasteiger partial charge is 0.493 e. The Bertz CT molecular complexity index is 986. The summed E-state index contributed by atoms with van der Waals surface area (Å²) < 4.78 is 29.9. The molecule has 1 fully saturated rings. The lowest BCUT2D eigenvalue weighted by molar-refractivity contribution is -0.134. The van der Waals surface area contributed by atoms with Crippen molar-refractivity contribution in [2.75, 3.05) is 51.9 Å². The van der Waals surface area contributed by atoms with Crippen molar-refractivity contribution in [3.8, 4) is 11.5 Å². The summed E-state index contributed by atoms with van der Waals surface area (Å²) in [4.78, 5) is 28.6. The zero-order chi connectivity index (χ0) is 23.1. The van der Waals surface area contributed by atoms with Crippen LogP contribution in [-0.4, -0.2) is 63.8 Å². The third-order valence-electron chi connectivity index (χ3n) is 5.31. The molecule has 8 heteroatoms. The molecule has 1 aliphatic heterocycles. The van der Waals surface area contributed by atoms with Crippen LogP contribution in [0.1, 0.15) is 15.9 Å². The minimum atomic E-state index is -0.630. The summed E-state index contributed by atoms with van der Waals surface area (Å²) in [6, 6.07) is 9.73. The van der Waals surface area contributed by atoms with Gasteiger partial charge in [-0.3, -0.25) is 4.79 Å². The van der Waals surface area contributed by atoms with Gasteiger partial charge in [0.25, 0.3) is 5.91 Å². The number of hydrogen-bond acceptors (Lipinski definition) is 6. The summed E-state index contributed by atoms with van der Waals surface area (Å²) in [5.74, 6) is -0.290. The fourth-order valence-electron chi connectivity index (χ4n) is 3.68. The Kier molecular flexibility index (Phi) is 7.70. The van der Waals surface area contributed by atoms with E-state index in [4.69, 9.17) is 14.2 Å². The fraction of sp³-hybridized carbons (Fsp3) is 0.333. The molecule has 0 N–H and O–H groups in total. The van der Waals surface area contributed by atoms with Crippen LogP contribution in [0.3, 0.4) is 0 Å². The van der Waals surface area contributed by atoms with Crippen molar-refractivity contribution in [3.05, 3.63) is 66.0 Å². The predicted molar refractivity (Wildman–Crippen MR) is 119 cm³/mol. The Labute approximate surface area is 187 Å². The van der Waals surface area contributed by atoms with Crippen molar-refractivity contribution in [2.45, 2.75) is 6.42 Å². The Hall–Kier alpha value is -3.55. The number of carbonyl (C=O) groups excluding carboxylic acids is 2. The minimum Gasteiger partial charge on any atom is -0.493 e. The van der Waals surface area contributed by atoms with Gasteiger partial charge < -0.3 is 24.0 Å². The predicted octanol–water partition coefficient (Wildman–Crippen LogP) is 3.08. The number of nitrogens with zero attached hydrogens (tertiary/aromatic N) is 2. The number of allylic oxidation sites excluding steroid dienone is 1. The molecule has 0 atom stereocenters. The quantitative estimate of drug-likeness (QED) is 0.462. The number of piperazine rings is 1. The van der Waals surface area contributed by atoms with Crippen LogP contribution in [0.2, 0.25) is 0 Å². The van der Waals surface area contributed by atoms with Gasteiger partial charge in [0.2, 0.25) is 0 Å². The van der Waals surface area contributed by atoms with Crippen molar-refractivity contribution < 1.29 is 28.2 Å². The SMILES string of the molecule is C=CCc1cc(C(=O)OCC(=O)N2CCN(c3ccccc3F)CC2)cc(OC)c1OC. The van der Waals surface area contributed by atoms with E-state index in [1.54, 1.807) is 35.2 Å². The van der Waals surface area contributed by atoms with Crippen molar-refractivity contribution >= 4 is 17.6 Å². The van der Waals surface area contributed by atoms with Gasteiger partial charge in [0.1, 0.15) is 5.82 Å². The van der Waals surface area contributed by atoms with Crippen LogP contribution in [0.15, 0.2) is 49.1 Å². The van der Waals surface area contributed by atoms with Crippen LogP contribution in [0.25, 0.3) is 0 Å². The summed E-state index contributed by atoms with van der Waals surface area (Å²) in [6.45, 7) is 5.19. The van der Waals surface area contributed by atoms with Crippen molar-refractivity contribution in [2.24, 2.45) is 0 Å². The molecule has 0 bridgehead atoms. The van der Waals surface area contributed by atoms with Gasteiger partial charge in [-0.05, 0) is 30.7 Å². The second-order valence-corrected chi connectivity index (χ2v) is 7.26. The first-order valence-electron chi connectivity index (χ1n) is 10.3. The summed E-state index contributed by atoms with van der Waals surface area (Å²) in [5, 5.41) is 0. The number of benzene rings is 2. The average Bonchev–Trinajstić information content (AvgIpc) is 2.82. The molecular weight excluding hydrogens is 415 g/mol. The second-order valence-electron chi connectivity index (χ2n) is 7.26. The van der Waals surface area contributed by atoms with Gasteiger partial charge in [-0.25, -0.2) is 9.18 Å². The molecule has 2 aromatic rings. The monoisotopic (exact) mass is 442 g/mol. The standard InChI is InChI=1S/C24H27FN2O5/c1-4-7-17-14-18(15-21(30-2)23(17)31-3)24(29)32-16-22(28)27-12-10-26(11-13-27)20-9-6-5-8-19(20)25/h4-6,8-9,14-15H,1,7,10-13,16H2,2-3H3. The van der Waals surface area contributed by atoms with E-state index in [9.17, 15) is 14.0 Å². The van der Waals surface area contributed by atoms with Crippen LogP contribution >= 0.6 is 0 Å². The molecule has 0 unspecified atom stereocenters. The molecular formula is C24H27FN2O5. The van der Waals surface area contributed by atoms with E-state index in [0.29, 0.717) is 49.8 Å². The molecule has 1 heterocycles. The Morgan fingerprint density at radius 3 is 2.44 bits per heavy atom. The lowest BCUT2D eigenvalue weighted by atomic mass is 10.1. The molecule has 32 heavy (non-hydrogen) atoms. The molecule has 7 nitrogen and oxygen atoms in total. The highest BCUT2D eigenvalue weighted by molar-refractivity contribution is 5.92. The number of carbonyl (C=O) groups is 2. The van der Waals surface area contributed by atoms with Gasteiger partial charge >= 0.3 is 5.97 Å². The summed E-state index contributed by atoms with van der Waals surface area (Å²) in [7, 11) is 3.00. The van der Waals surface area contributed by atoms with Crippen molar-refractivity contribution in [3.63, 3.8) is 0 Å². The number of para-hydroxylation sites is 1. The van der Waals surface area contributed by atoms with Crippen LogP contribution in [-0.2, 0) is 16.0 Å². The van der Waals surface area contributed by atoms with Gasteiger partial charge in [0.05, 0.1) is 25.5 Å². The van der Waals surface area contributed by atoms with E-state index in [-0.39, 0.29) is 23.9 Å². The molecule has 1 amide bonds. The number of halogens is 1. The highest BCUT2D eigenvalue weighted by Crippen LogP contribution is 2.33. The lowest BCUT2D eigenvalue weighted by Gasteiger charge is -2.36. The molecule has 0 aromatic heterocycles. The Morgan fingerprint density at radius 2 is 1.81 bits per heavy atom. The van der Waals surface area contributed by atoms with Gasteiger partial charge in [0.15, 0.2) is 18.1 Å². The van der Waals surface area contributed by atoms with E-state index in [2.05, 4.69) is 6.58 Å². The van der Waals surface area contributed by atoms with Crippen LogP contribution in [0.4, 0.5) is 10.1 Å². The third-order valence-corrected chi connectivity index (χ3v) is 5.31. The van der Waals surface area contributed by atoms with E-state index >= 15 is 0 Å². The second kappa shape index (κ2) is 10.7. The molecule has 3 rings (SSSR count). The average molecular weight is 442 g/mol. The first kappa shape index (κ1) is 23.1. The maximum Gasteiger partial charge on any atom is 0.338 e. The highest BCUT2D eigenvalue weighted by atomic mass is 19.1. The maximum atomic E-state index is 14.0. The molecule has 1 saturated heterocycles. The normalized spacial score (nSPS) is 13.5. The van der Waals surface area contributed by atoms with E-state index in [1.165, 1.54) is 26.4 Å². The van der Waals surface area contributed by atoms with E-state index < -0.39 is 5.97 Å². The molecule has 170 valence electrons. The van der Waals surface area contributed by atoms with Gasteiger partial charge in [-0.2, -0.15) is 0 Å². The fourth-order valence-corrected chi connectivity index (χ4v) is 3.68. The van der Waals surface area contributed by atoms with Crippen LogP contribution in [0, 0.1) is 5.82 Å². The number of methoxy groups -OCH3 is 2. The summed E-state index contributed by atoms with van der Waals surface area (Å²) in [5.41, 5.74) is 1.51. The summed E-state index contributed by atoms with van der Waals surface area (Å²) in [6.07, 6.45) is 2.17. The zero-order valence-electron chi connectivity index (χ0n) is 18.3. The first-order chi connectivity index (χ1) is 15.5. The lowest BCUT2D eigenvalue weighted by Crippen LogP contribution is -2.50. The van der Waals surface area contributed by atoms with Gasteiger partial charge in [0, 0.05) is 31.7 Å². The van der Waals surface area contributed by atoms with Crippen LogP contribution < -0.4 is 14.4 Å². The van der Waals surface area contributed by atoms with Crippen molar-refractivity contribution in [1.82, 2.24) is 4.90 Å². The summed E-state index contributed by atoms with van der Waals surface area (Å²) >= 11 is 0. The van der Waals surface area contributed by atoms with Gasteiger partial charge in [-0.15, -0.1) is 6.58 Å². The molecule has 0 saturated carbocycles. The number of hydrogen-bond donors (Lipinski definition) is 0. The first-order valence-corrected chi connectivity index (χ1v) is 10.3. The minimum absolute atomic E-state index is 0.261. The van der Waals surface area contributed by atoms with E-state index in [1.807, 2.05) is 4.90 Å². The zero-order valence-corrected chi connectivity index (χ0v) is 18.3. The molecule has 0 radical (unpaired) electrons. The molecule has 1 aliphatic rings. The van der Waals surface area contributed by atoms with Crippen LogP contribution in [0.5, 0.6) is 11.5 Å². The smallest absolute Gasteiger partial charge is 0.338 e. The topological polar surface area (TPSA) is 68.3 Å². The van der Waals surface area contributed by atoms with E-state index in [0.717, 1.165) is 5.56 Å². The number of anilines is 1. The number of ether oxygens (including phenoxy) is 3. The molecule has 0 spiro atoms. The number of amides is 1. The highest BCUT2D eigenvalue weighted by Gasteiger charge is 2.24. The Balaban J connectivity index is 1.58. The Morgan fingerprint density at radius 1 is 1.09 bits per heavy atom. The maximum absolute atomic E-state index is 14.0. The number of esters is 1. The molecule has 2 aromatic carbocycles. The third kappa shape index (κ3) is 5.19.